The zero-order valence-corrected chi connectivity index (χ0v) is 51.7. The zero-order chi connectivity index (χ0) is 60.2. The van der Waals surface area contributed by atoms with E-state index in [9.17, 15) is 45.6 Å². The lowest BCUT2D eigenvalue weighted by Gasteiger charge is -2.46. The molecule has 478 valence electrons. The number of unbranched alkanes of at least 4 members (excludes halogenated alkanes) is 25. The van der Waals surface area contributed by atoms with Gasteiger partial charge in [0, 0.05) is 6.42 Å². The normalized spacial score (nSPS) is 24.5. The molecule has 2 saturated heterocycles. The summed E-state index contributed by atoms with van der Waals surface area (Å²) in [5.74, 6) is -0.260. The van der Waals surface area contributed by atoms with Crippen molar-refractivity contribution < 1.29 is 64.6 Å². The van der Waals surface area contributed by atoms with Crippen LogP contribution in [-0.4, -0.2) is 140 Å². The minimum Gasteiger partial charge on any atom is -0.394 e. The van der Waals surface area contributed by atoms with Crippen LogP contribution in [0.2, 0.25) is 0 Å². The van der Waals surface area contributed by atoms with Gasteiger partial charge in [-0.3, -0.25) is 4.79 Å². The third-order valence-electron chi connectivity index (χ3n) is 15.5. The van der Waals surface area contributed by atoms with Crippen molar-refractivity contribution in [3.63, 3.8) is 0 Å². The van der Waals surface area contributed by atoms with Crippen molar-refractivity contribution in [2.75, 3.05) is 19.8 Å². The van der Waals surface area contributed by atoms with Gasteiger partial charge in [0.25, 0.3) is 0 Å². The lowest BCUT2D eigenvalue weighted by Crippen LogP contribution is -2.65. The smallest absolute Gasteiger partial charge is 0.220 e. The molecule has 14 heteroatoms. The van der Waals surface area contributed by atoms with Crippen LogP contribution in [0.15, 0.2) is 97.2 Å². The Morgan fingerprint density at radius 2 is 0.843 bits per heavy atom. The van der Waals surface area contributed by atoms with E-state index in [0.717, 1.165) is 83.5 Å². The highest BCUT2D eigenvalue weighted by atomic mass is 16.7. The van der Waals surface area contributed by atoms with Gasteiger partial charge in [-0.2, -0.15) is 0 Å². The topological polar surface area (TPSA) is 228 Å². The Balaban J connectivity index is 1.74. The van der Waals surface area contributed by atoms with Crippen LogP contribution < -0.4 is 5.32 Å². The van der Waals surface area contributed by atoms with Crippen molar-refractivity contribution >= 4 is 5.91 Å². The summed E-state index contributed by atoms with van der Waals surface area (Å²) in [4.78, 5) is 13.3. The Labute approximate surface area is 503 Å². The maximum absolute atomic E-state index is 13.3. The number of hydrogen-bond acceptors (Lipinski definition) is 13. The molecule has 14 nitrogen and oxygen atoms in total. The van der Waals surface area contributed by atoms with E-state index in [2.05, 4.69) is 104 Å². The van der Waals surface area contributed by atoms with Crippen molar-refractivity contribution in [1.82, 2.24) is 5.32 Å². The van der Waals surface area contributed by atoms with Gasteiger partial charge in [0.05, 0.1) is 32.0 Å². The van der Waals surface area contributed by atoms with Gasteiger partial charge in [0.2, 0.25) is 5.91 Å². The second-order valence-electron chi connectivity index (χ2n) is 22.9. The third kappa shape index (κ3) is 37.9. The molecule has 0 spiro atoms. The molecular formula is C69H119NO13. The largest absolute Gasteiger partial charge is 0.394 e. The molecule has 2 aliphatic heterocycles. The maximum Gasteiger partial charge on any atom is 0.220 e. The van der Waals surface area contributed by atoms with Crippen LogP contribution in [-0.2, 0) is 23.7 Å². The van der Waals surface area contributed by atoms with Crippen LogP contribution in [0, 0.1) is 0 Å². The molecule has 12 atom stereocenters. The number of carbonyl (C=O) groups excluding carboxylic acids is 1. The summed E-state index contributed by atoms with van der Waals surface area (Å²) in [7, 11) is 0. The van der Waals surface area contributed by atoms with Crippen molar-refractivity contribution in [1.29, 1.82) is 0 Å². The van der Waals surface area contributed by atoms with E-state index in [1.165, 1.54) is 122 Å². The van der Waals surface area contributed by atoms with Gasteiger partial charge in [-0.25, -0.2) is 0 Å². The van der Waals surface area contributed by atoms with E-state index in [4.69, 9.17) is 18.9 Å². The molecule has 0 bridgehead atoms. The number of rotatable bonds is 52. The molecule has 0 aliphatic carbocycles. The molecular weight excluding hydrogens is 1050 g/mol. The van der Waals surface area contributed by atoms with Crippen LogP contribution in [0.5, 0.6) is 0 Å². The van der Waals surface area contributed by atoms with E-state index in [1.54, 1.807) is 6.08 Å². The first-order valence-corrected chi connectivity index (χ1v) is 33.0. The number of ether oxygens (including phenoxy) is 4. The van der Waals surface area contributed by atoms with Gasteiger partial charge in [0.15, 0.2) is 12.6 Å². The van der Waals surface area contributed by atoms with E-state index >= 15 is 0 Å². The molecule has 2 rings (SSSR count). The number of carbonyl (C=O) groups is 1. The van der Waals surface area contributed by atoms with E-state index < -0.39 is 86.8 Å². The van der Waals surface area contributed by atoms with Crippen LogP contribution in [0.3, 0.4) is 0 Å². The van der Waals surface area contributed by atoms with Gasteiger partial charge < -0.3 is 65.1 Å². The Morgan fingerprint density at radius 1 is 0.446 bits per heavy atom. The minimum atomic E-state index is -1.80. The van der Waals surface area contributed by atoms with Crippen LogP contribution in [0.4, 0.5) is 0 Å². The van der Waals surface area contributed by atoms with Gasteiger partial charge in [-0.1, -0.05) is 246 Å². The second kappa shape index (κ2) is 53.2. The van der Waals surface area contributed by atoms with Gasteiger partial charge in [-0.05, 0) is 83.5 Å². The lowest BCUT2D eigenvalue weighted by atomic mass is 9.97. The fourth-order valence-electron chi connectivity index (χ4n) is 10.3. The summed E-state index contributed by atoms with van der Waals surface area (Å²) in [5, 5.41) is 87.3. The number of nitrogens with one attached hydrogen (secondary N) is 1. The number of hydrogen-bond donors (Lipinski definition) is 9. The predicted molar refractivity (Wildman–Crippen MR) is 336 cm³/mol. The molecule has 2 heterocycles. The molecule has 0 aromatic carbocycles. The summed E-state index contributed by atoms with van der Waals surface area (Å²) in [6.45, 7) is 2.67. The first-order chi connectivity index (χ1) is 40.6. The molecule has 2 aliphatic rings. The Bertz CT molecular complexity index is 1760. The summed E-state index contributed by atoms with van der Waals surface area (Å²) in [6.07, 6.45) is 57.3. The van der Waals surface area contributed by atoms with Crippen LogP contribution in [0.25, 0.3) is 0 Å². The summed E-state index contributed by atoms with van der Waals surface area (Å²) in [6, 6.07) is -0.944. The maximum atomic E-state index is 13.3. The Kier molecular flexibility index (Phi) is 48.7. The van der Waals surface area contributed by atoms with Gasteiger partial charge in [0.1, 0.15) is 48.8 Å². The van der Waals surface area contributed by atoms with Crippen molar-refractivity contribution in [3.8, 4) is 0 Å². The quantitative estimate of drug-likeness (QED) is 0.0204. The molecule has 0 radical (unpaired) electrons. The second-order valence-corrected chi connectivity index (χ2v) is 22.9. The molecule has 1 amide bonds. The third-order valence-corrected chi connectivity index (χ3v) is 15.5. The average molecular weight is 1170 g/mol. The molecule has 0 aromatic heterocycles. The first kappa shape index (κ1) is 76.0. The Hall–Kier alpha value is -3.09. The highest BCUT2D eigenvalue weighted by Crippen LogP contribution is 2.30. The van der Waals surface area contributed by atoms with Crippen molar-refractivity contribution in [2.45, 2.75) is 312 Å². The number of aliphatic hydroxyl groups is 8. The summed E-state index contributed by atoms with van der Waals surface area (Å²) >= 11 is 0. The summed E-state index contributed by atoms with van der Waals surface area (Å²) in [5.41, 5.74) is 0. The zero-order valence-electron chi connectivity index (χ0n) is 51.7. The van der Waals surface area contributed by atoms with Gasteiger partial charge in [-0.15, -0.1) is 0 Å². The number of amides is 1. The SMILES string of the molecule is CC/C=C\C/C=C\C/C=C\C/C=C\C/C=C\C/C=C\CCCCCCCCCCC(=O)NC(COC1OC(CO)C(OC2OC(CO)C(O)C(O)C2O)C(O)C1O)C(O)/C=C/CC/C=C/CCCCCCCCCCCCCCCCCC. The van der Waals surface area contributed by atoms with E-state index in [0.29, 0.717) is 12.8 Å². The highest BCUT2D eigenvalue weighted by Gasteiger charge is 2.51. The summed E-state index contributed by atoms with van der Waals surface area (Å²) < 4.78 is 22.8. The fraction of sp³-hybridized carbons (Fsp3) is 0.754. The molecule has 83 heavy (non-hydrogen) atoms. The van der Waals surface area contributed by atoms with Crippen molar-refractivity contribution in [2.24, 2.45) is 0 Å². The lowest BCUT2D eigenvalue weighted by molar-refractivity contribution is -0.359. The Morgan fingerprint density at radius 3 is 1.33 bits per heavy atom. The standard InChI is InChI=1S/C69H119NO13/c1-3-5-7-9-11-13-15-17-19-21-23-25-27-28-29-30-31-33-35-37-39-41-43-45-47-49-51-53-61(74)70-57(56-80-68-66(79)64(77)67(60(55-72)82-68)83-69-65(78)63(76)62(75)59(54-71)81-69)58(73)52-50-48-46-44-42-40-38-36-34-32-26-24-22-20-18-16-14-12-10-8-6-4-2/h5,7,11,13,17,19,23,25,28-29,31,33,42,44,50,52,57-60,62-69,71-73,75-79H,3-4,6,8-10,12,14-16,18,20-22,24,26-27,30,32,34-41,43,45-49,51,53-56H2,1-2H3,(H,70,74)/b7-5-,13-11-,19-17-,25-23-,29-28-,33-31-,44-42+,52-50+. The van der Waals surface area contributed by atoms with E-state index in [-0.39, 0.29) is 18.9 Å². The molecule has 2 fully saturated rings. The average Bonchev–Trinajstić information content (AvgIpc) is 3.65. The predicted octanol–water partition coefficient (Wildman–Crippen LogP) is 12.6. The number of aliphatic hydroxyl groups excluding tert-OH is 8. The molecule has 0 aromatic rings. The fourth-order valence-corrected chi connectivity index (χ4v) is 10.3. The molecule has 9 N–H and O–H groups in total. The van der Waals surface area contributed by atoms with E-state index in [1.807, 2.05) is 6.08 Å². The molecule has 0 saturated carbocycles. The highest BCUT2D eigenvalue weighted by molar-refractivity contribution is 5.76. The number of allylic oxidation sites excluding steroid dienone is 15. The van der Waals surface area contributed by atoms with Crippen LogP contribution in [0.1, 0.15) is 239 Å². The monoisotopic (exact) mass is 1170 g/mol. The molecule has 12 unspecified atom stereocenters. The van der Waals surface area contributed by atoms with Gasteiger partial charge >= 0.3 is 0 Å². The van der Waals surface area contributed by atoms with Crippen molar-refractivity contribution in [3.05, 3.63) is 97.2 Å². The minimum absolute atomic E-state index is 0.258. The van der Waals surface area contributed by atoms with Crippen LogP contribution >= 0.6 is 0 Å². The first-order valence-electron chi connectivity index (χ1n) is 33.0.